The number of hydrogen-bond acceptors (Lipinski definition) is 7. The van der Waals surface area contributed by atoms with Gasteiger partial charge in [0.15, 0.2) is 5.17 Å². The van der Waals surface area contributed by atoms with Gasteiger partial charge in [0.1, 0.15) is 22.5 Å². The molecule has 0 spiro atoms. The molecule has 1 aliphatic heterocycles. The van der Waals surface area contributed by atoms with Crippen LogP contribution >= 0.6 is 11.8 Å². The highest BCUT2D eigenvalue weighted by Crippen LogP contribution is 2.33. The molecule has 2 aromatic rings. The van der Waals surface area contributed by atoms with E-state index < -0.39 is 5.25 Å². The molecule has 8 nitrogen and oxygen atoms in total. The molecule has 0 unspecified atom stereocenters. The summed E-state index contributed by atoms with van der Waals surface area (Å²) in [5.41, 5.74) is 1.21. The number of carbonyl (C=O) groups excluding carboxylic acids is 2. The molecule has 1 N–H and O–H groups in total. The quantitative estimate of drug-likeness (QED) is 0.726. The van der Waals surface area contributed by atoms with Gasteiger partial charge in [-0.1, -0.05) is 11.8 Å². The van der Waals surface area contributed by atoms with Crippen molar-refractivity contribution < 1.29 is 23.8 Å². The number of nitrogens with zero attached hydrogens (tertiary/aromatic N) is 2. The Hall–Kier alpha value is -3.20. The maximum atomic E-state index is 12.6. The fourth-order valence-corrected chi connectivity index (χ4v) is 3.99. The van der Waals surface area contributed by atoms with Gasteiger partial charge in [-0.15, -0.1) is 0 Å². The summed E-state index contributed by atoms with van der Waals surface area (Å²) in [6.45, 7) is 0. The Kier molecular flexibility index (Phi) is 6.83. The van der Waals surface area contributed by atoms with E-state index in [-0.39, 0.29) is 18.2 Å². The van der Waals surface area contributed by atoms with Crippen molar-refractivity contribution in [2.24, 2.45) is 4.99 Å². The van der Waals surface area contributed by atoms with Crippen molar-refractivity contribution in [2.75, 3.05) is 33.7 Å². The monoisotopic (exact) mass is 429 g/mol. The molecule has 0 aliphatic carbocycles. The number of benzene rings is 2. The van der Waals surface area contributed by atoms with Crippen molar-refractivity contribution in [2.45, 2.75) is 11.7 Å². The van der Waals surface area contributed by atoms with Crippen LogP contribution in [0.15, 0.2) is 47.5 Å². The summed E-state index contributed by atoms with van der Waals surface area (Å²) in [6.07, 6.45) is 0.0185. The van der Waals surface area contributed by atoms with Gasteiger partial charge in [-0.25, -0.2) is 4.99 Å². The van der Waals surface area contributed by atoms with E-state index in [1.54, 1.807) is 63.7 Å². The highest BCUT2D eigenvalue weighted by molar-refractivity contribution is 8.15. The second-order valence-corrected chi connectivity index (χ2v) is 7.58. The third-order valence-electron chi connectivity index (χ3n) is 4.49. The topological polar surface area (TPSA) is 89.5 Å². The highest BCUT2D eigenvalue weighted by atomic mass is 32.2. The number of ether oxygens (including phenoxy) is 3. The van der Waals surface area contributed by atoms with Crippen molar-refractivity contribution in [1.82, 2.24) is 4.90 Å². The summed E-state index contributed by atoms with van der Waals surface area (Å²) in [5, 5.41) is 2.80. The van der Waals surface area contributed by atoms with E-state index in [9.17, 15) is 9.59 Å². The van der Waals surface area contributed by atoms with Gasteiger partial charge in [-0.05, 0) is 36.4 Å². The third kappa shape index (κ3) is 4.85. The fraction of sp³-hybridized carbons (Fsp3) is 0.286. The summed E-state index contributed by atoms with van der Waals surface area (Å²) in [6, 6.07) is 12.3. The number of aliphatic imine (C=N–C) groups is 1. The Morgan fingerprint density at radius 1 is 1.07 bits per heavy atom. The lowest BCUT2D eigenvalue weighted by atomic mass is 10.2. The Bertz CT molecular complexity index is 962. The van der Waals surface area contributed by atoms with Gasteiger partial charge in [-0.2, -0.15) is 0 Å². The van der Waals surface area contributed by atoms with Crippen LogP contribution in [-0.2, 0) is 9.59 Å². The van der Waals surface area contributed by atoms with Crippen LogP contribution in [0.1, 0.15) is 6.42 Å². The lowest BCUT2D eigenvalue weighted by Gasteiger charge is -2.12. The van der Waals surface area contributed by atoms with Gasteiger partial charge in [0.25, 0.3) is 0 Å². The van der Waals surface area contributed by atoms with Crippen LogP contribution in [0.4, 0.5) is 11.4 Å². The minimum atomic E-state index is -0.545. The van der Waals surface area contributed by atoms with Crippen LogP contribution in [0.5, 0.6) is 17.2 Å². The standard InChI is InChI=1S/C21H23N3O5S/c1-24-20(26)18(30-21(24)22-13-5-7-14(27-2)8-6-13)12-19(25)23-16-10-9-15(28-3)11-17(16)29-4/h5-11,18H,12H2,1-4H3,(H,23,25)/t18-/m1/s1. The number of anilines is 1. The summed E-state index contributed by atoms with van der Waals surface area (Å²) in [7, 11) is 6.31. The first kappa shape index (κ1) is 21.5. The molecular weight excluding hydrogens is 406 g/mol. The maximum Gasteiger partial charge on any atom is 0.242 e. The van der Waals surface area contributed by atoms with Crippen LogP contribution in [0.2, 0.25) is 0 Å². The zero-order valence-electron chi connectivity index (χ0n) is 17.2. The second-order valence-electron chi connectivity index (χ2n) is 6.41. The number of amides is 2. The molecule has 1 atom stereocenters. The van der Waals surface area contributed by atoms with E-state index >= 15 is 0 Å². The van der Waals surface area contributed by atoms with E-state index in [2.05, 4.69) is 10.3 Å². The maximum absolute atomic E-state index is 12.6. The molecule has 0 aromatic heterocycles. The summed E-state index contributed by atoms with van der Waals surface area (Å²) < 4.78 is 15.6. The van der Waals surface area contributed by atoms with Crippen molar-refractivity contribution in [1.29, 1.82) is 0 Å². The number of carbonyl (C=O) groups is 2. The van der Waals surface area contributed by atoms with E-state index in [4.69, 9.17) is 14.2 Å². The van der Waals surface area contributed by atoms with Crippen molar-refractivity contribution in [3.8, 4) is 17.2 Å². The molecule has 158 valence electrons. The van der Waals surface area contributed by atoms with Crippen LogP contribution < -0.4 is 19.5 Å². The average molecular weight is 429 g/mol. The van der Waals surface area contributed by atoms with Crippen LogP contribution in [0.25, 0.3) is 0 Å². The number of rotatable bonds is 7. The largest absolute Gasteiger partial charge is 0.497 e. The second kappa shape index (κ2) is 9.53. The van der Waals surface area contributed by atoms with E-state index in [0.717, 1.165) is 5.75 Å². The van der Waals surface area contributed by atoms with E-state index in [1.807, 2.05) is 0 Å². The van der Waals surface area contributed by atoms with Crippen molar-refractivity contribution in [3.63, 3.8) is 0 Å². The smallest absolute Gasteiger partial charge is 0.242 e. The molecule has 9 heteroatoms. The normalized spacial score (nSPS) is 17.2. The summed E-state index contributed by atoms with van der Waals surface area (Å²) in [5.74, 6) is 1.37. The number of thioether (sulfide) groups is 1. The summed E-state index contributed by atoms with van der Waals surface area (Å²) in [4.78, 5) is 31.1. The van der Waals surface area contributed by atoms with Gasteiger partial charge in [0.05, 0.1) is 32.7 Å². The Morgan fingerprint density at radius 3 is 2.37 bits per heavy atom. The Morgan fingerprint density at radius 2 is 1.73 bits per heavy atom. The molecule has 1 aliphatic rings. The van der Waals surface area contributed by atoms with E-state index in [1.165, 1.54) is 23.8 Å². The van der Waals surface area contributed by atoms with Crippen molar-refractivity contribution in [3.05, 3.63) is 42.5 Å². The molecular formula is C21H23N3O5S. The van der Waals surface area contributed by atoms with Gasteiger partial charge in [0.2, 0.25) is 11.8 Å². The minimum absolute atomic E-state index is 0.0185. The van der Waals surface area contributed by atoms with Gasteiger partial charge in [0, 0.05) is 19.5 Å². The fourth-order valence-electron chi connectivity index (χ4n) is 2.84. The van der Waals surface area contributed by atoms with Crippen LogP contribution in [0, 0.1) is 0 Å². The van der Waals surface area contributed by atoms with E-state index in [0.29, 0.717) is 28.0 Å². The lowest BCUT2D eigenvalue weighted by Crippen LogP contribution is -2.30. The van der Waals surface area contributed by atoms with Crippen LogP contribution in [0.3, 0.4) is 0 Å². The predicted molar refractivity (Wildman–Crippen MR) is 117 cm³/mol. The molecule has 0 radical (unpaired) electrons. The predicted octanol–water partition coefficient (Wildman–Crippen LogP) is 3.30. The SMILES string of the molecule is COc1ccc(N=C2S[C@H](CC(=O)Nc3ccc(OC)cc3OC)C(=O)N2C)cc1. The zero-order chi connectivity index (χ0) is 21.7. The third-order valence-corrected chi connectivity index (χ3v) is 5.72. The molecule has 2 aromatic carbocycles. The number of nitrogens with one attached hydrogen (secondary N) is 1. The molecule has 3 rings (SSSR count). The molecule has 2 amide bonds. The molecule has 30 heavy (non-hydrogen) atoms. The molecule has 1 saturated heterocycles. The van der Waals surface area contributed by atoms with Crippen molar-refractivity contribution >= 4 is 40.1 Å². The van der Waals surface area contributed by atoms with Crippen LogP contribution in [-0.4, -0.2) is 55.5 Å². The first-order chi connectivity index (χ1) is 14.4. The highest BCUT2D eigenvalue weighted by Gasteiger charge is 2.37. The minimum Gasteiger partial charge on any atom is -0.497 e. The first-order valence-corrected chi connectivity index (χ1v) is 10.0. The Labute approximate surface area is 179 Å². The van der Waals surface area contributed by atoms with Gasteiger partial charge >= 0.3 is 0 Å². The molecule has 1 heterocycles. The average Bonchev–Trinajstić information content (AvgIpc) is 3.02. The molecule has 1 fully saturated rings. The molecule has 0 bridgehead atoms. The number of hydrogen-bond donors (Lipinski definition) is 1. The Balaban J connectivity index is 1.67. The zero-order valence-corrected chi connectivity index (χ0v) is 18.0. The van der Waals surface area contributed by atoms with Gasteiger partial charge in [-0.3, -0.25) is 14.5 Å². The first-order valence-electron chi connectivity index (χ1n) is 9.14. The number of amidine groups is 1. The lowest BCUT2D eigenvalue weighted by molar-refractivity contribution is -0.127. The summed E-state index contributed by atoms with van der Waals surface area (Å²) >= 11 is 1.27. The van der Waals surface area contributed by atoms with Gasteiger partial charge < -0.3 is 19.5 Å². The molecule has 0 saturated carbocycles. The number of methoxy groups -OCH3 is 3.